The summed E-state index contributed by atoms with van der Waals surface area (Å²) in [6.45, 7) is 0. The Labute approximate surface area is 88.2 Å². The molecule has 1 aromatic carbocycles. The maximum absolute atomic E-state index is 11.6. The van der Waals surface area contributed by atoms with E-state index in [9.17, 15) is 4.79 Å². The predicted molar refractivity (Wildman–Crippen MR) is 57.7 cm³/mol. The number of aromatic nitrogens is 2. The van der Waals surface area contributed by atoms with Gasteiger partial charge in [-0.25, -0.2) is 4.98 Å². The lowest BCUT2D eigenvalue weighted by atomic mass is 10.1. The summed E-state index contributed by atoms with van der Waals surface area (Å²) in [5.41, 5.74) is 1.77. The summed E-state index contributed by atoms with van der Waals surface area (Å²) in [7, 11) is 0. The van der Waals surface area contributed by atoms with Gasteiger partial charge < -0.3 is 4.98 Å². The van der Waals surface area contributed by atoms with E-state index in [0.29, 0.717) is 12.1 Å². The zero-order valence-electron chi connectivity index (χ0n) is 8.31. The molecular formula is C12H12N2O. The van der Waals surface area contributed by atoms with Crippen molar-refractivity contribution in [3.05, 3.63) is 54.1 Å². The van der Waals surface area contributed by atoms with Crippen LogP contribution in [-0.2, 0) is 6.42 Å². The highest BCUT2D eigenvalue weighted by molar-refractivity contribution is 5.94. The van der Waals surface area contributed by atoms with Crippen molar-refractivity contribution in [1.82, 2.24) is 9.97 Å². The molecule has 1 N–H and O–H groups in total. The second-order valence-electron chi connectivity index (χ2n) is 3.37. The third kappa shape index (κ3) is 2.53. The predicted octanol–water partition coefficient (Wildman–Crippen LogP) is 2.23. The Bertz CT molecular complexity index is 420. The van der Waals surface area contributed by atoms with E-state index in [1.54, 1.807) is 6.20 Å². The Kier molecular flexibility index (Phi) is 2.93. The molecule has 0 aliphatic heterocycles. The molecule has 76 valence electrons. The second-order valence-corrected chi connectivity index (χ2v) is 3.37. The number of Topliss-reactive ketones (excluding diaryl/α,β-unsaturated/α-hetero) is 1. The smallest absolute Gasteiger partial charge is 0.180 e. The van der Waals surface area contributed by atoms with E-state index >= 15 is 0 Å². The lowest BCUT2D eigenvalue weighted by molar-refractivity contribution is 0.0978. The molecule has 3 nitrogen and oxygen atoms in total. The summed E-state index contributed by atoms with van der Waals surface area (Å²) in [6.07, 6.45) is 4.38. The fraction of sp³-hybridized carbons (Fsp3) is 0.167. The first kappa shape index (κ1) is 9.65. The van der Waals surface area contributed by atoms with E-state index in [1.807, 2.05) is 30.3 Å². The molecular weight excluding hydrogens is 188 g/mol. The van der Waals surface area contributed by atoms with Gasteiger partial charge in [0.2, 0.25) is 0 Å². The van der Waals surface area contributed by atoms with Crippen molar-refractivity contribution in [3.8, 4) is 0 Å². The maximum atomic E-state index is 11.6. The fourth-order valence-electron chi connectivity index (χ4n) is 1.45. The Balaban J connectivity index is 1.92. The standard InChI is InChI=1S/C12H12N2O/c15-12(11-8-13-9-14-11)7-6-10-4-2-1-3-5-10/h1-5,8-9H,6-7H2,(H,13,14). The van der Waals surface area contributed by atoms with Crippen LogP contribution in [0.3, 0.4) is 0 Å². The van der Waals surface area contributed by atoms with Crippen LogP contribution < -0.4 is 0 Å². The molecule has 1 aromatic heterocycles. The number of rotatable bonds is 4. The minimum Gasteiger partial charge on any atom is -0.342 e. The van der Waals surface area contributed by atoms with Crippen molar-refractivity contribution in [2.45, 2.75) is 12.8 Å². The van der Waals surface area contributed by atoms with Crippen LogP contribution in [0.15, 0.2) is 42.9 Å². The average Bonchev–Trinajstić information content (AvgIpc) is 2.81. The van der Waals surface area contributed by atoms with Gasteiger partial charge in [-0.15, -0.1) is 0 Å². The summed E-state index contributed by atoms with van der Waals surface area (Å²) in [4.78, 5) is 18.2. The molecule has 0 saturated carbocycles. The van der Waals surface area contributed by atoms with E-state index < -0.39 is 0 Å². The van der Waals surface area contributed by atoms with Gasteiger partial charge in [-0.05, 0) is 12.0 Å². The number of hydrogen-bond donors (Lipinski definition) is 1. The van der Waals surface area contributed by atoms with Gasteiger partial charge in [-0.1, -0.05) is 30.3 Å². The molecule has 2 aromatic rings. The third-order valence-electron chi connectivity index (χ3n) is 2.28. The van der Waals surface area contributed by atoms with Gasteiger partial charge in [0.25, 0.3) is 0 Å². The Morgan fingerprint density at radius 2 is 2.07 bits per heavy atom. The summed E-state index contributed by atoms with van der Waals surface area (Å²) in [5, 5.41) is 0. The van der Waals surface area contributed by atoms with Crippen LogP contribution in [0, 0.1) is 0 Å². The van der Waals surface area contributed by atoms with Gasteiger partial charge in [0.1, 0.15) is 5.69 Å². The molecule has 0 aliphatic carbocycles. The molecule has 0 aliphatic rings. The number of benzene rings is 1. The second kappa shape index (κ2) is 4.55. The van der Waals surface area contributed by atoms with Crippen LogP contribution in [0.1, 0.15) is 22.5 Å². The zero-order valence-corrected chi connectivity index (χ0v) is 8.31. The highest BCUT2D eigenvalue weighted by atomic mass is 16.1. The van der Waals surface area contributed by atoms with Crippen LogP contribution in [0.25, 0.3) is 0 Å². The molecule has 1 heterocycles. The number of carbonyl (C=O) groups excluding carboxylic acids is 1. The fourth-order valence-corrected chi connectivity index (χ4v) is 1.45. The maximum Gasteiger partial charge on any atom is 0.180 e. The van der Waals surface area contributed by atoms with E-state index in [-0.39, 0.29) is 5.78 Å². The van der Waals surface area contributed by atoms with Crippen LogP contribution in [0.2, 0.25) is 0 Å². The number of nitrogens with one attached hydrogen (secondary N) is 1. The molecule has 0 spiro atoms. The number of carbonyl (C=O) groups is 1. The van der Waals surface area contributed by atoms with Gasteiger partial charge >= 0.3 is 0 Å². The summed E-state index contributed by atoms with van der Waals surface area (Å²) >= 11 is 0. The van der Waals surface area contributed by atoms with Gasteiger partial charge in [-0.3, -0.25) is 4.79 Å². The molecule has 0 bridgehead atoms. The van der Waals surface area contributed by atoms with Crippen molar-refractivity contribution in [3.63, 3.8) is 0 Å². The van der Waals surface area contributed by atoms with Gasteiger partial charge in [0.05, 0.1) is 12.5 Å². The quantitative estimate of drug-likeness (QED) is 0.769. The summed E-state index contributed by atoms with van der Waals surface area (Å²) < 4.78 is 0. The number of H-pyrrole nitrogens is 1. The van der Waals surface area contributed by atoms with Crippen LogP contribution >= 0.6 is 0 Å². The first-order valence-electron chi connectivity index (χ1n) is 4.92. The molecule has 0 atom stereocenters. The minimum absolute atomic E-state index is 0.108. The zero-order chi connectivity index (χ0) is 10.5. The van der Waals surface area contributed by atoms with Gasteiger partial charge in [0, 0.05) is 6.42 Å². The molecule has 2 rings (SSSR count). The Morgan fingerprint density at radius 3 is 2.73 bits per heavy atom. The van der Waals surface area contributed by atoms with E-state index in [1.165, 1.54) is 11.9 Å². The van der Waals surface area contributed by atoms with Crippen LogP contribution in [0.5, 0.6) is 0 Å². The first-order valence-corrected chi connectivity index (χ1v) is 4.92. The molecule has 3 heteroatoms. The Hall–Kier alpha value is -1.90. The number of aryl methyl sites for hydroxylation is 1. The van der Waals surface area contributed by atoms with Crippen molar-refractivity contribution < 1.29 is 4.79 Å². The van der Waals surface area contributed by atoms with E-state index in [2.05, 4.69) is 9.97 Å². The first-order chi connectivity index (χ1) is 7.36. The SMILES string of the molecule is O=C(CCc1ccccc1)c1cnc[nH]1. The van der Waals surface area contributed by atoms with Crippen molar-refractivity contribution >= 4 is 5.78 Å². The lowest BCUT2D eigenvalue weighted by Crippen LogP contribution is -2.01. The molecule has 15 heavy (non-hydrogen) atoms. The van der Waals surface area contributed by atoms with E-state index in [0.717, 1.165) is 6.42 Å². The lowest BCUT2D eigenvalue weighted by Gasteiger charge is -1.98. The third-order valence-corrected chi connectivity index (χ3v) is 2.28. The van der Waals surface area contributed by atoms with E-state index in [4.69, 9.17) is 0 Å². The monoisotopic (exact) mass is 200 g/mol. The Morgan fingerprint density at radius 1 is 1.27 bits per heavy atom. The van der Waals surface area contributed by atoms with Crippen molar-refractivity contribution in [1.29, 1.82) is 0 Å². The normalized spacial score (nSPS) is 10.1. The molecule has 0 amide bonds. The van der Waals surface area contributed by atoms with Crippen molar-refractivity contribution in [2.24, 2.45) is 0 Å². The van der Waals surface area contributed by atoms with Crippen molar-refractivity contribution in [2.75, 3.05) is 0 Å². The number of nitrogens with zero attached hydrogens (tertiary/aromatic N) is 1. The number of ketones is 1. The highest BCUT2D eigenvalue weighted by Gasteiger charge is 2.06. The number of aromatic amines is 1. The molecule has 0 unspecified atom stereocenters. The minimum atomic E-state index is 0.108. The molecule has 0 radical (unpaired) electrons. The number of hydrogen-bond acceptors (Lipinski definition) is 2. The summed E-state index contributed by atoms with van der Waals surface area (Å²) in [5.74, 6) is 0.108. The topological polar surface area (TPSA) is 45.8 Å². The highest BCUT2D eigenvalue weighted by Crippen LogP contribution is 2.05. The van der Waals surface area contributed by atoms with Crippen LogP contribution in [0.4, 0.5) is 0 Å². The average molecular weight is 200 g/mol. The molecule has 0 fully saturated rings. The molecule has 0 saturated heterocycles. The summed E-state index contributed by atoms with van der Waals surface area (Å²) in [6, 6.07) is 9.99. The largest absolute Gasteiger partial charge is 0.342 e. The van der Waals surface area contributed by atoms with Gasteiger partial charge in [-0.2, -0.15) is 0 Å². The van der Waals surface area contributed by atoms with Gasteiger partial charge in [0.15, 0.2) is 5.78 Å². The van der Waals surface area contributed by atoms with Crippen LogP contribution in [-0.4, -0.2) is 15.8 Å². The number of imidazole rings is 1.